The first kappa shape index (κ1) is 17.1. The smallest absolute Gasteiger partial charge is 0.407 e. The standard InChI is InChI=1S/C14H12BrClF2N4O2/c1-6-5-21(14(23)24)2-3-22(6)12-7-4-8(17)9(15)10(18)11(7)19-13(16)20-12/h4,6H,2-3,5H2,1H3,(H,23,24). The first-order valence-electron chi connectivity index (χ1n) is 7.05. The third-order valence-electron chi connectivity index (χ3n) is 3.95. The Morgan fingerprint density at radius 1 is 1.42 bits per heavy atom. The molecule has 2 heterocycles. The molecule has 1 amide bonds. The van der Waals surface area contributed by atoms with Crippen LogP contribution in [0, 0.1) is 11.6 Å². The fourth-order valence-electron chi connectivity index (χ4n) is 2.80. The fraction of sp³-hybridized carbons (Fsp3) is 0.357. The molecule has 0 spiro atoms. The molecule has 3 rings (SSSR count). The van der Waals surface area contributed by atoms with Crippen molar-refractivity contribution in [1.82, 2.24) is 14.9 Å². The van der Waals surface area contributed by atoms with Crippen molar-refractivity contribution in [2.75, 3.05) is 24.5 Å². The second-order valence-corrected chi connectivity index (χ2v) is 6.60. The van der Waals surface area contributed by atoms with Gasteiger partial charge < -0.3 is 14.9 Å². The zero-order valence-corrected chi connectivity index (χ0v) is 14.8. The summed E-state index contributed by atoms with van der Waals surface area (Å²) in [5.41, 5.74) is -0.0915. The van der Waals surface area contributed by atoms with E-state index in [0.29, 0.717) is 6.54 Å². The lowest BCUT2D eigenvalue weighted by Crippen LogP contribution is -2.53. The van der Waals surface area contributed by atoms with Gasteiger partial charge in [-0.2, -0.15) is 4.98 Å². The highest BCUT2D eigenvalue weighted by molar-refractivity contribution is 9.10. The molecule has 6 nitrogen and oxygen atoms in total. The molecule has 1 aliphatic heterocycles. The molecule has 1 atom stereocenters. The van der Waals surface area contributed by atoms with Crippen molar-refractivity contribution < 1.29 is 18.7 Å². The first-order chi connectivity index (χ1) is 11.3. The van der Waals surface area contributed by atoms with Gasteiger partial charge in [-0.25, -0.2) is 18.6 Å². The largest absolute Gasteiger partial charge is 0.465 e. The summed E-state index contributed by atoms with van der Waals surface area (Å²) in [6.07, 6.45) is -1.01. The number of nitrogens with zero attached hydrogens (tertiary/aromatic N) is 4. The molecule has 1 aromatic heterocycles. The third-order valence-corrected chi connectivity index (χ3v) is 4.85. The van der Waals surface area contributed by atoms with Crippen LogP contribution in [0.4, 0.5) is 19.4 Å². The molecule has 0 bridgehead atoms. The molecule has 0 saturated carbocycles. The Morgan fingerprint density at radius 2 is 2.12 bits per heavy atom. The molecule has 24 heavy (non-hydrogen) atoms. The summed E-state index contributed by atoms with van der Waals surface area (Å²) in [6, 6.07) is 0.906. The van der Waals surface area contributed by atoms with E-state index >= 15 is 0 Å². The number of anilines is 1. The second-order valence-electron chi connectivity index (χ2n) is 5.47. The van der Waals surface area contributed by atoms with Gasteiger partial charge >= 0.3 is 6.09 Å². The number of piperazine rings is 1. The molecule has 0 aliphatic carbocycles. The van der Waals surface area contributed by atoms with E-state index in [4.69, 9.17) is 16.7 Å². The van der Waals surface area contributed by atoms with Gasteiger partial charge in [-0.3, -0.25) is 0 Å². The monoisotopic (exact) mass is 420 g/mol. The average Bonchev–Trinajstić information content (AvgIpc) is 2.53. The summed E-state index contributed by atoms with van der Waals surface area (Å²) in [5, 5.41) is 9.11. The van der Waals surface area contributed by atoms with Crippen molar-refractivity contribution >= 4 is 50.3 Å². The number of hydrogen-bond acceptors (Lipinski definition) is 4. The minimum atomic E-state index is -1.01. The van der Waals surface area contributed by atoms with Crippen LogP contribution in [-0.4, -0.2) is 51.7 Å². The van der Waals surface area contributed by atoms with Crippen LogP contribution >= 0.6 is 27.5 Å². The topological polar surface area (TPSA) is 69.6 Å². The van der Waals surface area contributed by atoms with Gasteiger partial charge in [0, 0.05) is 31.1 Å². The van der Waals surface area contributed by atoms with E-state index in [2.05, 4.69) is 25.9 Å². The molecular formula is C14H12BrClF2N4O2. The molecule has 2 aromatic rings. The highest BCUT2D eigenvalue weighted by Crippen LogP contribution is 2.34. The molecular weight excluding hydrogens is 410 g/mol. The van der Waals surface area contributed by atoms with Gasteiger partial charge in [0.15, 0.2) is 5.82 Å². The van der Waals surface area contributed by atoms with Gasteiger partial charge in [0.05, 0.1) is 4.47 Å². The Bertz CT molecular complexity index is 838. The van der Waals surface area contributed by atoms with E-state index < -0.39 is 17.7 Å². The average molecular weight is 422 g/mol. The van der Waals surface area contributed by atoms with E-state index in [9.17, 15) is 13.6 Å². The third kappa shape index (κ3) is 2.86. The number of carboxylic acid groups (broad SMARTS) is 1. The Balaban J connectivity index is 2.11. The summed E-state index contributed by atoms with van der Waals surface area (Å²) in [5.74, 6) is -1.34. The molecule has 1 fully saturated rings. The minimum Gasteiger partial charge on any atom is -0.465 e. The highest BCUT2D eigenvalue weighted by Gasteiger charge is 2.29. The Hall–Kier alpha value is -1.74. The van der Waals surface area contributed by atoms with E-state index in [1.54, 1.807) is 4.90 Å². The molecule has 1 unspecified atom stereocenters. The van der Waals surface area contributed by atoms with E-state index in [-0.39, 0.29) is 45.6 Å². The molecule has 1 aliphatic rings. The molecule has 0 radical (unpaired) electrons. The molecule has 10 heteroatoms. The molecule has 1 N–H and O–H groups in total. The summed E-state index contributed by atoms with van der Waals surface area (Å²) >= 11 is 8.75. The van der Waals surface area contributed by atoms with Crippen molar-refractivity contribution in [3.8, 4) is 0 Å². The predicted molar refractivity (Wildman–Crippen MR) is 88.6 cm³/mol. The number of benzene rings is 1. The SMILES string of the molecule is CC1CN(C(=O)O)CCN1c1nc(Cl)nc2c(F)c(Br)c(F)cc12. The fourth-order valence-corrected chi connectivity index (χ4v) is 3.26. The molecule has 1 saturated heterocycles. The number of aromatic nitrogens is 2. The van der Waals surface area contributed by atoms with Crippen molar-refractivity contribution in [3.05, 3.63) is 27.5 Å². The summed E-state index contributed by atoms with van der Waals surface area (Å²) < 4.78 is 27.9. The van der Waals surface area contributed by atoms with Crippen LogP contribution in [0.2, 0.25) is 5.28 Å². The number of fused-ring (bicyclic) bond motifs is 1. The van der Waals surface area contributed by atoms with Crippen LogP contribution in [0.3, 0.4) is 0 Å². The van der Waals surface area contributed by atoms with Crippen LogP contribution in [0.15, 0.2) is 10.5 Å². The maximum absolute atomic E-state index is 14.3. The predicted octanol–water partition coefficient (Wildman–Crippen LogP) is 3.51. The van der Waals surface area contributed by atoms with Crippen LogP contribution in [-0.2, 0) is 0 Å². The lowest BCUT2D eigenvalue weighted by molar-refractivity contribution is 0.136. The van der Waals surface area contributed by atoms with Gasteiger partial charge in [0.2, 0.25) is 5.28 Å². The minimum absolute atomic E-state index is 0.0915. The Kier molecular flexibility index (Phi) is 4.48. The zero-order valence-electron chi connectivity index (χ0n) is 12.4. The maximum atomic E-state index is 14.3. The van der Waals surface area contributed by atoms with Crippen molar-refractivity contribution in [1.29, 1.82) is 0 Å². The number of amides is 1. The van der Waals surface area contributed by atoms with Gasteiger partial charge in [0.1, 0.15) is 17.2 Å². The summed E-state index contributed by atoms with van der Waals surface area (Å²) in [7, 11) is 0. The quantitative estimate of drug-likeness (QED) is 0.564. The lowest BCUT2D eigenvalue weighted by Gasteiger charge is -2.39. The summed E-state index contributed by atoms with van der Waals surface area (Å²) in [4.78, 5) is 22.1. The van der Waals surface area contributed by atoms with E-state index in [0.717, 1.165) is 6.07 Å². The molecule has 128 valence electrons. The van der Waals surface area contributed by atoms with Gasteiger partial charge in [-0.15, -0.1) is 0 Å². The van der Waals surface area contributed by atoms with E-state index in [1.165, 1.54) is 4.90 Å². The first-order valence-corrected chi connectivity index (χ1v) is 8.22. The van der Waals surface area contributed by atoms with Crippen LogP contribution in [0.1, 0.15) is 6.92 Å². The highest BCUT2D eigenvalue weighted by atomic mass is 79.9. The van der Waals surface area contributed by atoms with Gasteiger partial charge in [-0.1, -0.05) is 0 Å². The normalized spacial score (nSPS) is 18.3. The van der Waals surface area contributed by atoms with Crippen LogP contribution < -0.4 is 4.90 Å². The van der Waals surface area contributed by atoms with Crippen molar-refractivity contribution in [2.45, 2.75) is 13.0 Å². The van der Waals surface area contributed by atoms with Crippen molar-refractivity contribution in [2.24, 2.45) is 0 Å². The maximum Gasteiger partial charge on any atom is 0.407 e. The summed E-state index contributed by atoms with van der Waals surface area (Å²) in [6.45, 7) is 2.64. The van der Waals surface area contributed by atoms with Crippen molar-refractivity contribution in [3.63, 3.8) is 0 Å². The number of halogens is 4. The zero-order chi connectivity index (χ0) is 17.6. The van der Waals surface area contributed by atoms with Crippen LogP contribution in [0.25, 0.3) is 10.9 Å². The van der Waals surface area contributed by atoms with Gasteiger partial charge in [-0.05, 0) is 40.5 Å². The number of hydrogen-bond donors (Lipinski definition) is 1. The second kappa shape index (κ2) is 6.29. The Labute approximate surface area is 149 Å². The Morgan fingerprint density at radius 3 is 2.75 bits per heavy atom. The number of carbonyl (C=O) groups is 1. The van der Waals surface area contributed by atoms with E-state index in [1.807, 2.05) is 6.92 Å². The molecule has 1 aromatic carbocycles. The lowest BCUT2D eigenvalue weighted by atomic mass is 10.1. The number of rotatable bonds is 1. The van der Waals surface area contributed by atoms with Crippen LogP contribution in [0.5, 0.6) is 0 Å². The van der Waals surface area contributed by atoms with Gasteiger partial charge in [0.25, 0.3) is 0 Å².